The molecule has 23 heavy (non-hydrogen) atoms. The van der Waals surface area contributed by atoms with Crippen LogP contribution in [0, 0.1) is 17.8 Å². The van der Waals surface area contributed by atoms with Crippen LogP contribution in [0.1, 0.15) is 23.2 Å². The van der Waals surface area contributed by atoms with E-state index < -0.39 is 0 Å². The number of nitrogens with one attached hydrogen (secondary N) is 1. The molecule has 3 aliphatic heterocycles. The van der Waals surface area contributed by atoms with Gasteiger partial charge < -0.3 is 10.2 Å². The van der Waals surface area contributed by atoms with E-state index in [0.29, 0.717) is 17.9 Å². The molecule has 6 rings (SSSR count). The third kappa shape index (κ3) is 2.55. The average molecular weight is 350 g/mol. The van der Waals surface area contributed by atoms with Crippen molar-refractivity contribution < 1.29 is 4.79 Å². The minimum absolute atomic E-state index is 0. The second-order valence-electron chi connectivity index (χ2n) is 7.11. The molecule has 6 heteroatoms. The molecule has 122 valence electrons. The molecule has 3 saturated heterocycles. The van der Waals surface area contributed by atoms with E-state index in [4.69, 9.17) is 0 Å². The standard InChI is InChI=1S/C17H19N3OS.ClH/c21-17(11-1-2-14-15(5-11)22-9-18-14)19-16-12-3-10-4-13(16)8-20(6-10)7-12;/h1-2,5,9-10,12-13,16H,3-4,6-8H2,(H,19,21);1H. The molecule has 1 amide bonds. The lowest BCUT2D eigenvalue weighted by Crippen LogP contribution is -2.64. The lowest BCUT2D eigenvalue weighted by Gasteiger charge is -2.55. The van der Waals surface area contributed by atoms with Gasteiger partial charge in [0.2, 0.25) is 0 Å². The minimum Gasteiger partial charge on any atom is -0.349 e. The zero-order chi connectivity index (χ0) is 14.7. The fraction of sp³-hybridized carbons (Fsp3) is 0.529. The average Bonchev–Trinajstić information content (AvgIpc) is 2.97. The molecule has 4 bridgehead atoms. The van der Waals surface area contributed by atoms with Gasteiger partial charge in [0.1, 0.15) is 0 Å². The topological polar surface area (TPSA) is 45.2 Å². The summed E-state index contributed by atoms with van der Waals surface area (Å²) in [6.07, 6.45) is 2.59. The molecular formula is C17H20ClN3OS. The second kappa shape index (κ2) is 5.72. The number of piperidine rings is 3. The van der Waals surface area contributed by atoms with Crippen molar-refractivity contribution in [1.82, 2.24) is 15.2 Å². The Morgan fingerprint density at radius 2 is 2.00 bits per heavy atom. The number of amides is 1. The van der Waals surface area contributed by atoms with Crippen LogP contribution >= 0.6 is 23.7 Å². The van der Waals surface area contributed by atoms with E-state index >= 15 is 0 Å². The summed E-state index contributed by atoms with van der Waals surface area (Å²) in [6, 6.07) is 6.19. The molecule has 1 aliphatic carbocycles. The first-order chi connectivity index (χ1) is 10.8. The highest BCUT2D eigenvalue weighted by atomic mass is 35.5. The number of nitrogens with zero attached hydrogens (tertiary/aromatic N) is 2. The van der Waals surface area contributed by atoms with Gasteiger partial charge >= 0.3 is 0 Å². The summed E-state index contributed by atoms with van der Waals surface area (Å²) in [7, 11) is 0. The Hall–Kier alpha value is -1.17. The van der Waals surface area contributed by atoms with Crippen molar-refractivity contribution in [3.05, 3.63) is 29.3 Å². The van der Waals surface area contributed by atoms with E-state index in [2.05, 4.69) is 15.2 Å². The summed E-state index contributed by atoms with van der Waals surface area (Å²) in [5.41, 5.74) is 3.58. The molecule has 4 fully saturated rings. The molecule has 0 spiro atoms. The first-order valence-electron chi connectivity index (χ1n) is 8.13. The van der Waals surface area contributed by atoms with E-state index in [9.17, 15) is 4.79 Å². The van der Waals surface area contributed by atoms with E-state index in [1.165, 1.54) is 32.5 Å². The van der Waals surface area contributed by atoms with Gasteiger partial charge in [0.05, 0.1) is 15.7 Å². The zero-order valence-electron chi connectivity index (χ0n) is 12.8. The summed E-state index contributed by atoms with van der Waals surface area (Å²) in [5, 5.41) is 3.35. The maximum Gasteiger partial charge on any atom is 0.251 e. The summed E-state index contributed by atoms with van der Waals surface area (Å²) in [4.78, 5) is 19.5. The van der Waals surface area contributed by atoms with Gasteiger partial charge in [-0.05, 0) is 48.8 Å². The number of carbonyl (C=O) groups is 1. The first kappa shape index (κ1) is 15.4. The number of aromatic nitrogens is 1. The van der Waals surface area contributed by atoms with Crippen molar-refractivity contribution in [1.29, 1.82) is 0 Å². The normalized spacial score (nSPS) is 34.3. The quantitative estimate of drug-likeness (QED) is 0.906. The third-order valence-corrected chi connectivity index (χ3v) is 6.47. The summed E-state index contributed by atoms with van der Waals surface area (Å²) in [6.45, 7) is 3.63. The maximum absolute atomic E-state index is 12.7. The molecular weight excluding hydrogens is 330 g/mol. The van der Waals surface area contributed by atoms with Crippen molar-refractivity contribution in [3.8, 4) is 0 Å². The lowest BCUT2D eigenvalue weighted by atomic mass is 9.65. The van der Waals surface area contributed by atoms with Gasteiger partial charge in [-0.25, -0.2) is 4.98 Å². The molecule has 1 N–H and O–H groups in total. The lowest BCUT2D eigenvalue weighted by molar-refractivity contribution is -0.0418. The van der Waals surface area contributed by atoms with Crippen LogP contribution in [0.3, 0.4) is 0 Å². The van der Waals surface area contributed by atoms with Crippen molar-refractivity contribution in [3.63, 3.8) is 0 Å². The Morgan fingerprint density at radius 1 is 1.22 bits per heavy atom. The monoisotopic (exact) mass is 349 g/mol. The van der Waals surface area contributed by atoms with Crippen LogP contribution in [-0.2, 0) is 0 Å². The maximum atomic E-state index is 12.7. The highest BCUT2D eigenvalue weighted by molar-refractivity contribution is 7.16. The largest absolute Gasteiger partial charge is 0.349 e. The highest BCUT2D eigenvalue weighted by Gasteiger charge is 2.47. The van der Waals surface area contributed by atoms with Gasteiger partial charge in [-0.2, -0.15) is 0 Å². The smallest absolute Gasteiger partial charge is 0.251 e. The Balaban J connectivity index is 0.00000135. The van der Waals surface area contributed by atoms with Crippen molar-refractivity contribution in [2.45, 2.75) is 18.9 Å². The van der Waals surface area contributed by atoms with E-state index in [0.717, 1.165) is 21.7 Å². The van der Waals surface area contributed by atoms with Crippen LogP contribution in [0.25, 0.3) is 10.2 Å². The Kier molecular flexibility index (Phi) is 3.82. The zero-order valence-corrected chi connectivity index (χ0v) is 14.4. The van der Waals surface area contributed by atoms with Gasteiger partial charge in [0.15, 0.2) is 0 Å². The first-order valence-corrected chi connectivity index (χ1v) is 9.01. The van der Waals surface area contributed by atoms with Crippen LogP contribution in [0.5, 0.6) is 0 Å². The minimum atomic E-state index is 0. The highest BCUT2D eigenvalue weighted by Crippen LogP contribution is 2.43. The van der Waals surface area contributed by atoms with E-state index in [1.54, 1.807) is 11.3 Å². The molecule has 1 saturated carbocycles. The molecule has 4 heterocycles. The predicted molar refractivity (Wildman–Crippen MR) is 94.3 cm³/mol. The van der Waals surface area contributed by atoms with Crippen LogP contribution < -0.4 is 5.32 Å². The van der Waals surface area contributed by atoms with Gasteiger partial charge in [0.25, 0.3) is 5.91 Å². The Labute approximate surface area is 145 Å². The number of hydrogen-bond donors (Lipinski definition) is 1. The van der Waals surface area contributed by atoms with Gasteiger partial charge in [0, 0.05) is 31.2 Å². The number of thiazole rings is 1. The predicted octanol–water partition coefficient (Wildman–Crippen LogP) is 2.79. The molecule has 4 nitrogen and oxygen atoms in total. The van der Waals surface area contributed by atoms with E-state index in [1.807, 2.05) is 23.7 Å². The molecule has 4 aliphatic rings. The fourth-order valence-electron chi connectivity index (χ4n) is 4.87. The van der Waals surface area contributed by atoms with Crippen LogP contribution in [-0.4, -0.2) is 41.5 Å². The van der Waals surface area contributed by atoms with Gasteiger partial charge in [-0.1, -0.05) is 0 Å². The number of halogens is 1. The van der Waals surface area contributed by atoms with Crippen LogP contribution in [0.2, 0.25) is 0 Å². The Bertz CT molecular complexity index is 718. The molecule has 2 aromatic rings. The number of benzene rings is 1. The number of hydrogen-bond acceptors (Lipinski definition) is 4. The van der Waals surface area contributed by atoms with Crippen LogP contribution in [0.15, 0.2) is 23.7 Å². The SMILES string of the molecule is Cl.O=C(NC1C2CC3CC1CN(C3)C2)c1ccc2ncsc2c1. The number of carbonyl (C=O) groups excluding carboxylic acids is 1. The molecule has 2 unspecified atom stereocenters. The third-order valence-electron chi connectivity index (χ3n) is 5.68. The van der Waals surface area contributed by atoms with Crippen molar-refractivity contribution in [2.24, 2.45) is 17.8 Å². The van der Waals surface area contributed by atoms with Crippen molar-refractivity contribution in [2.75, 3.05) is 19.6 Å². The van der Waals surface area contributed by atoms with Crippen molar-refractivity contribution >= 4 is 39.9 Å². The van der Waals surface area contributed by atoms with Gasteiger partial charge in [-0.3, -0.25) is 4.79 Å². The molecule has 2 atom stereocenters. The molecule has 1 aromatic carbocycles. The Morgan fingerprint density at radius 3 is 2.74 bits per heavy atom. The fourth-order valence-corrected chi connectivity index (χ4v) is 5.59. The summed E-state index contributed by atoms with van der Waals surface area (Å²) >= 11 is 1.59. The van der Waals surface area contributed by atoms with Crippen LogP contribution in [0.4, 0.5) is 0 Å². The number of rotatable bonds is 2. The molecule has 0 radical (unpaired) electrons. The summed E-state index contributed by atoms with van der Waals surface area (Å²) in [5.74, 6) is 2.27. The summed E-state index contributed by atoms with van der Waals surface area (Å²) < 4.78 is 1.09. The molecule has 1 aromatic heterocycles. The second-order valence-corrected chi connectivity index (χ2v) is 8.00. The van der Waals surface area contributed by atoms with E-state index in [-0.39, 0.29) is 18.3 Å². The number of fused-ring (bicyclic) bond motifs is 1. The van der Waals surface area contributed by atoms with Gasteiger partial charge in [-0.15, -0.1) is 23.7 Å².